The topological polar surface area (TPSA) is 63.2 Å². The molecule has 0 aliphatic heterocycles. The minimum Gasteiger partial charge on any atom is -0.497 e. The average Bonchev–Trinajstić information content (AvgIpc) is 2.65. The van der Waals surface area contributed by atoms with E-state index in [9.17, 15) is 13.6 Å². The molecule has 0 unspecified atom stereocenters. The summed E-state index contributed by atoms with van der Waals surface area (Å²) in [6.07, 6.45) is 1.45. The lowest BCUT2D eigenvalue weighted by Gasteiger charge is -2.09. The predicted octanol–water partition coefficient (Wildman–Crippen LogP) is 4.36. The summed E-state index contributed by atoms with van der Waals surface area (Å²) in [5.74, 6) is -1.68. The molecule has 3 aromatic rings. The SMILES string of the molecule is COc1cccc(NC(=O)c2cc(Nc3ccc(F)c(F)c3)ccn2)c1. The second kappa shape index (κ2) is 7.60. The van der Waals surface area contributed by atoms with Gasteiger partial charge in [0.1, 0.15) is 11.4 Å². The van der Waals surface area contributed by atoms with Crippen LogP contribution in [0.5, 0.6) is 5.75 Å². The highest BCUT2D eigenvalue weighted by atomic mass is 19.2. The molecule has 0 aliphatic rings. The molecule has 0 fully saturated rings. The van der Waals surface area contributed by atoms with Gasteiger partial charge < -0.3 is 15.4 Å². The lowest BCUT2D eigenvalue weighted by molar-refractivity contribution is 0.102. The van der Waals surface area contributed by atoms with Crippen LogP contribution in [0.3, 0.4) is 0 Å². The molecule has 0 saturated carbocycles. The van der Waals surface area contributed by atoms with Crippen LogP contribution in [0.2, 0.25) is 0 Å². The molecule has 0 radical (unpaired) electrons. The number of ether oxygens (including phenoxy) is 1. The van der Waals surface area contributed by atoms with E-state index < -0.39 is 17.5 Å². The first-order valence-electron chi connectivity index (χ1n) is 7.69. The van der Waals surface area contributed by atoms with Crippen molar-refractivity contribution in [3.63, 3.8) is 0 Å². The van der Waals surface area contributed by atoms with Crippen LogP contribution in [0.25, 0.3) is 0 Å². The monoisotopic (exact) mass is 355 g/mol. The number of amides is 1. The van der Waals surface area contributed by atoms with Gasteiger partial charge in [-0.3, -0.25) is 9.78 Å². The van der Waals surface area contributed by atoms with Gasteiger partial charge in [-0.2, -0.15) is 0 Å². The molecule has 7 heteroatoms. The van der Waals surface area contributed by atoms with Crippen LogP contribution < -0.4 is 15.4 Å². The second-order valence-corrected chi connectivity index (χ2v) is 5.37. The molecule has 0 saturated heterocycles. The predicted molar refractivity (Wildman–Crippen MR) is 94.8 cm³/mol. The van der Waals surface area contributed by atoms with Crippen molar-refractivity contribution in [3.8, 4) is 5.75 Å². The third-order valence-corrected chi connectivity index (χ3v) is 3.53. The Bertz CT molecular complexity index is 948. The normalized spacial score (nSPS) is 10.3. The third kappa shape index (κ3) is 4.13. The molecule has 132 valence electrons. The standard InChI is InChI=1S/C19H15F2N3O2/c1-26-15-4-2-3-12(9-15)24-19(25)18-11-14(7-8-22-18)23-13-5-6-16(20)17(21)10-13/h2-11H,1H3,(H,22,23)(H,24,25). The molecule has 26 heavy (non-hydrogen) atoms. The van der Waals surface area contributed by atoms with Crippen LogP contribution in [0, 0.1) is 11.6 Å². The van der Waals surface area contributed by atoms with Gasteiger partial charge in [0.2, 0.25) is 0 Å². The van der Waals surface area contributed by atoms with Crippen molar-refractivity contribution in [2.45, 2.75) is 0 Å². The summed E-state index contributed by atoms with van der Waals surface area (Å²) in [6.45, 7) is 0. The Hall–Kier alpha value is -3.48. The van der Waals surface area contributed by atoms with E-state index >= 15 is 0 Å². The molecule has 0 spiro atoms. The maximum atomic E-state index is 13.3. The molecular weight excluding hydrogens is 340 g/mol. The lowest BCUT2D eigenvalue weighted by Crippen LogP contribution is -2.13. The maximum Gasteiger partial charge on any atom is 0.274 e. The Morgan fingerprint density at radius 1 is 0.962 bits per heavy atom. The van der Waals surface area contributed by atoms with Gasteiger partial charge in [0.25, 0.3) is 5.91 Å². The molecule has 1 amide bonds. The first kappa shape index (κ1) is 17.3. The number of carbonyl (C=O) groups is 1. The summed E-state index contributed by atoms with van der Waals surface area (Å²) < 4.78 is 31.4. The highest BCUT2D eigenvalue weighted by molar-refractivity contribution is 6.03. The van der Waals surface area contributed by atoms with Gasteiger partial charge in [-0.15, -0.1) is 0 Å². The van der Waals surface area contributed by atoms with Crippen molar-refractivity contribution in [2.24, 2.45) is 0 Å². The molecule has 2 aromatic carbocycles. The number of methoxy groups -OCH3 is 1. The summed E-state index contributed by atoms with van der Waals surface area (Å²) >= 11 is 0. The second-order valence-electron chi connectivity index (χ2n) is 5.37. The number of hydrogen-bond donors (Lipinski definition) is 2. The summed E-state index contributed by atoms with van der Waals surface area (Å²) in [7, 11) is 1.54. The Morgan fingerprint density at radius 2 is 1.77 bits per heavy atom. The van der Waals surface area contributed by atoms with Gasteiger partial charge in [0, 0.05) is 35.4 Å². The van der Waals surface area contributed by atoms with Crippen molar-refractivity contribution < 1.29 is 18.3 Å². The third-order valence-electron chi connectivity index (χ3n) is 3.53. The van der Waals surface area contributed by atoms with E-state index in [2.05, 4.69) is 15.6 Å². The van der Waals surface area contributed by atoms with E-state index in [-0.39, 0.29) is 5.69 Å². The summed E-state index contributed by atoms with van der Waals surface area (Å²) in [6, 6.07) is 13.5. The van der Waals surface area contributed by atoms with Crippen LogP contribution >= 0.6 is 0 Å². The number of aromatic nitrogens is 1. The fourth-order valence-electron chi connectivity index (χ4n) is 2.27. The van der Waals surface area contributed by atoms with Crippen LogP contribution in [0.15, 0.2) is 60.8 Å². The number of anilines is 3. The van der Waals surface area contributed by atoms with Crippen molar-refractivity contribution in [3.05, 3.63) is 78.1 Å². The summed E-state index contributed by atoms with van der Waals surface area (Å²) in [5.41, 5.74) is 1.60. The average molecular weight is 355 g/mol. The Balaban J connectivity index is 1.75. The number of carbonyl (C=O) groups excluding carboxylic acids is 1. The number of benzene rings is 2. The van der Waals surface area contributed by atoms with E-state index in [1.54, 1.807) is 30.3 Å². The van der Waals surface area contributed by atoms with E-state index in [0.717, 1.165) is 12.1 Å². The molecule has 1 aromatic heterocycles. The first-order chi connectivity index (χ1) is 12.5. The number of hydrogen-bond acceptors (Lipinski definition) is 4. The molecule has 2 N–H and O–H groups in total. The molecule has 5 nitrogen and oxygen atoms in total. The molecule has 1 heterocycles. The Kier molecular flexibility index (Phi) is 5.07. The van der Waals surface area contributed by atoms with E-state index in [1.165, 1.54) is 25.4 Å². The Labute approximate surface area is 148 Å². The zero-order chi connectivity index (χ0) is 18.5. The fraction of sp³-hybridized carbons (Fsp3) is 0.0526. The molecule has 0 atom stereocenters. The van der Waals surface area contributed by atoms with Crippen LogP contribution in [-0.2, 0) is 0 Å². The molecule has 0 aliphatic carbocycles. The van der Waals surface area contributed by atoms with Gasteiger partial charge in [0.15, 0.2) is 11.6 Å². The summed E-state index contributed by atoms with van der Waals surface area (Å²) in [4.78, 5) is 16.4. The zero-order valence-electron chi connectivity index (χ0n) is 13.8. The quantitative estimate of drug-likeness (QED) is 0.714. The number of pyridine rings is 1. The van der Waals surface area contributed by atoms with Crippen LogP contribution in [-0.4, -0.2) is 18.0 Å². The minimum atomic E-state index is -0.958. The van der Waals surface area contributed by atoms with E-state index in [1.807, 2.05) is 0 Å². The van der Waals surface area contributed by atoms with Crippen LogP contribution in [0.4, 0.5) is 25.8 Å². The highest BCUT2D eigenvalue weighted by Gasteiger charge is 2.10. The number of rotatable bonds is 5. The number of nitrogens with one attached hydrogen (secondary N) is 2. The largest absolute Gasteiger partial charge is 0.497 e. The van der Waals surface area contributed by atoms with Gasteiger partial charge >= 0.3 is 0 Å². The zero-order valence-corrected chi connectivity index (χ0v) is 13.8. The molecule has 0 bridgehead atoms. The highest BCUT2D eigenvalue weighted by Crippen LogP contribution is 2.20. The minimum absolute atomic E-state index is 0.167. The summed E-state index contributed by atoms with van der Waals surface area (Å²) in [5, 5.41) is 5.62. The first-order valence-corrected chi connectivity index (χ1v) is 7.69. The van der Waals surface area contributed by atoms with Gasteiger partial charge in [-0.05, 0) is 36.4 Å². The van der Waals surface area contributed by atoms with E-state index in [4.69, 9.17) is 4.74 Å². The van der Waals surface area contributed by atoms with Crippen molar-refractivity contribution >= 4 is 23.0 Å². The van der Waals surface area contributed by atoms with Crippen molar-refractivity contribution in [2.75, 3.05) is 17.7 Å². The number of nitrogens with zero attached hydrogens (tertiary/aromatic N) is 1. The molecular formula is C19H15F2N3O2. The van der Waals surface area contributed by atoms with E-state index in [0.29, 0.717) is 22.8 Å². The lowest BCUT2D eigenvalue weighted by atomic mass is 10.2. The van der Waals surface area contributed by atoms with Crippen LogP contribution in [0.1, 0.15) is 10.5 Å². The fourth-order valence-corrected chi connectivity index (χ4v) is 2.27. The van der Waals surface area contributed by atoms with Gasteiger partial charge in [0.05, 0.1) is 7.11 Å². The molecule has 3 rings (SSSR count). The Morgan fingerprint density at radius 3 is 2.54 bits per heavy atom. The van der Waals surface area contributed by atoms with Crippen molar-refractivity contribution in [1.29, 1.82) is 0 Å². The smallest absolute Gasteiger partial charge is 0.274 e. The van der Waals surface area contributed by atoms with Gasteiger partial charge in [-0.25, -0.2) is 8.78 Å². The van der Waals surface area contributed by atoms with Gasteiger partial charge in [-0.1, -0.05) is 6.07 Å². The maximum absolute atomic E-state index is 13.3. The van der Waals surface area contributed by atoms with Crippen molar-refractivity contribution in [1.82, 2.24) is 4.98 Å². The number of halogens is 2.